The Morgan fingerprint density at radius 2 is 1.89 bits per heavy atom. The number of furan rings is 1. The van der Waals surface area contributed by atoms with Gasteiger partial charge in [-0.2, -0.15) is 0 Å². The van der Waals surface area contributed by atoms with Gasteiger partial charge in [-0.3, -0.25) is 9.59 Å². The second-order valence-corrected chi connectivity index (χ2v) is 5.13. The summed E-state index contributed by atoms with van der Waals surface area (Å²) >= 11 is 0. The molecule has 1 atom stereocenters. The summed E-state index contributed by atoms with van der Waals surface area (Å²) in [7, 11) is 0. The number of carbonyl (C=O) groups is 2. The Kier molecular flexibility index (Phi) is 1.72. The van der Waals surface area contributed by atoms with Crippen molar-refractivity contribution in [2.24, 2.45) is 0 Å². The normalized spacial score (nSPS) is 23.2. The Hall–Kier alpha value is -2.42. The van der Waals surface area contributed by atoms with Gasteiger partial charge in [0.2, 0.25) is 5.78 Å². The van der Waals surface area contributed by atoms with Crippen molar-refractivity contribution in [1.82, 2.24) is 0 Å². The number of benzene rings is 1. The highest BCUT2D eigenvalue weighted by molar-refractivity contribution is 6.16. The largest absolute Gasteiger partial charge is 0.460 e. The van der Waals surface area contributed by atoms with Gasteiger partial charge < -0.3 is 4.42 Å². The summed E-state index contributed by atoms with van der Waals surface area (Å²) in [6, 6.07) is 7.49. The number of ketones is 2. The fraction of sp³-hybridized carbons (Fsp3) is 0.125. The van der Waals surface area contributed by atoms with E-state index in [-0.39, 0.29) is 11.6 Å². The van der Waals surface area contributed by atoms with Crippen LogP contribution < -0.4 is 0 Å². The van der Waals surface area contributed by atoms with E-state index in [0.29, 0.717) is 22.5 Å². The van der Waals surface area contributed by atoms with Gasteiger partial charge in [0.25, 0.3) is 0 Å². The summed E-state index contributed by atoms with van der Waals surface area (Å²) in [6.45, 7) is 2.01. The van der Waals surface area contributed by atoms with Crippen molar-refractivity contribution in [3.05, 3.63) is 70.7 Å². The predicted molar refractivity (Wildman–Crippen MR) is 68.5 cm³/mol. The highest BCUT2D eigenvalue weighted by atomic mass is 16.3. The van der Waals surface area contributed by atoms with Gasteiger partial charge in [0.05, 0.1) is 5.56 Å². The Morgan fingerprint density at radius 1 is 1.11 bits per heavy atom. The van der Waals surface area contributed by atoms with Crippen LogP contribution in [0.3, 0.4) is 0 Å². The summed E-state index contributed by atoms with van der Waals surface area (Å²) in [5.41, 5.74) is 2.33. The van der Waals surface area contributed by atoms with E-state index in [4.69, 9.17) is 4.42 Å². The van der Waals surface area contributed by atoms with Crippen LogP contribution in [0.5, 0.6) is 0 Å². The summed E-state index contributed by atoms with van der Waals surface area (Å²) in [5, 5.41) is 0. The number of hydrogen-bond acceptors (Lipinski definition) is 3. The lowest BCUT2D eigenvalue weighted by Crippen LogP contribution is -2.34. The monoisotopic (exact) mass is 250 g/mol. The molecule has 92 valence electrons. The van der Waals surface area contributed by atoms with Crippen molar-refractivity contribution in [3.8, 4) is 0 Å². The average molecular weight is 250 g/mol. The zero-order valence-electron chi connectivity index (χ0n) is 10.3. The summed E-state index contributed by atoms with van der Waals surface area (Å²) in [6.07, 6.45) is 4.83. The standard InChI is InChI=1S/C16H10O3/c1-16-7-6-12(17)10-8-19-15(13(10)16)14(18)9-4-2-3-5-11(9)16/h2-8H,1H3/t16-/m1/s1. The number of rotatable bonds is 0. The minimum Gasteiger partial charge on any atom is -0.460 e. The molecule has 0 unspecified atom stereocenters. The Balaban J connectivity index is 2.17. The van der Waals surface area contributed by atoms with Crippen LogP contribution in [0.1, 0.15) is 44.5 Å². The van der Waals surface area contributed by atoms with Crippen molar-refractivity contribution in [2.45, 2.75) is 12.3 Å². The van der Waals surface area contributed by atoms with E-state index in [9.17, 15) is 9.59 Å². The van der Waals surface area contributed by atoms with Gasteiger partial charge in [0.15, 0.2) is 11.5 Å². The lowest BCUT2D eigenvalue weighted by molar-refractivity contribution is 0.100. The molecule has 0 radical (unpaired) electrons. The minimum absolute atomic E-state index is 0.102. The van der Waals surface area contributed by atoms with Gasteiger partial charge in [-0.15, -0.1) is 0 Å². The molecule has 2 aromatic rings. The fourth-order valence-electron chi connectivity index (χ4n) is 3.12. The van der Waals surface area contributed by atoms with Crippen molar-refractivity contribution in [3.63, 3.8) is 0 Å². The van der Waals surface area contributed by atoms with Gasteiger partial charge in [-0.1, -0.05) is 30.3 Å². The molecule has 1 heterocycles. The lowest BCUT2D eigenvalue weighted by Gasteiger charge is -2.34. The molecule has 2 aliphatic carbocycles. The molecular weight excluding hydrogens is 240 g/mol. The molecule has 0 spiro atoms. The Bertz CT molecular complexity index is 779. The number of fused-ring (bicyclic) bond motifs is 2. The molecule has 0 saturated heterocycles. The molecule has 4 rings (SSSR count). The first-order valence-electron chi connectivity index (χ1n) is 6.12. The topological polar surface area (TPSA) is 47.3 Å². The molecule has 0 N–H and O–H groups in total. The zero-order valence-corrected chi connectivity index (χ0v) is 10.3. The SMILES string of the molecule is C[C@]12C=CC(=O)c3coc(c31)C(=O)c1ccccc12. The molecule has 0 fully saturated rings. The molecule has 3 nitrogen and oxygen atoms in total. The summed E-state index contributed by atoms with van der Waals surface area (Å²) in [5.74, 6) is 0.0565. The molecule has 2 aliphatic rings. The smallest absolute Gasteiger partial charge is 0.228 e. The molecule has 3 heteroatoms. The van der Waals surface area contributed by atoms with Crippen molar-refractivity contribution in [1.29, 1.82) is 0 Å². The van der Waals surface area contributed by atoms with Gasteiger partial charge in [0, 0.05) is 16.5 Å². The van der Waals surface area contributed by atoms with Crippen molar-refractivity contribution < 1.29 is 14.0 Å². The number of hydrogen-bond donors (Lipinski definition) is 0. The van der Waals surface area contributed by atoms with E-state index < -0.39 is 5.41 Å². The second-order valence-electron chi connectivity index (χ2n) is 5.13. The first-order valence-corrected chi connectivity index (χ1v) is 6.12. The van der Waals surface area contributed by atoms with E-state index in [2.05, 4.69) is 0 Å². The quantitative estimate of drug-likeness (QED) is 0.722. The third kappa shape index (κ3) is 1.08. The maximum absolute atomic E-state index is 12.4. The molecule has 19 heavy (non-hydrogen) atoms. The van der Waals surface area contributed by atoms with Gasteiger partial charge >= 0.3 is 0 Å². The predicted octanol–water partition coefficient (Wildman–Crippen LogP) is 2.88. The van der Waals surface area contributed by atoms with Crippen LogP contribution in [-0.4, -0.2) is 11.6 Å². The van der Waals surface area contributed by atoms with Crippen LogP contribution in [0.2, 0.25) is 0 Å². The van der Waals surface area contributed by atoms with E-state index >= 15 is 0 Å². The molecule has 0 aliphatic heterocycles. The Morgan fingerprint density at radius 3 is 2.74 bits per heavy atom. The zero-order chi connectivity index (χ0) is 13.2. The van der Waals surface area contributed by atoms with E-state index in [1.54, 1.807) is 12.1 Å². The van der Waals surface area contributed by atoms with Crippen LogP contribution in [0, 0.1) is 0 Å². The highest BCUT2D eigenvalue weighted by Crippen LogP contribution is 2.46. The third-order valence-corrected chi connectivity index (χ3v) is 4.08. The van der Waals surface area contributed by atoms with Crippen molar-refractivity contribution in [2.75, 3.05) is 0 Å². The van der Waals surface area contributed by atoms with Crippen LogP contribution >= 0.6 is 0 Å². The number of carbonyl (C=O) groups excluding carboxylic acids is 2. The summed E-state index contributed by atoms with van der Waals surface area (Å²) < 4.78 is 5.38. The van der Waals surface area contributed by atoms with Crippen LogP contribution in [0.25, 0.3) is 0 Å². The maximum atomic E-state index is 12.4. The maximum Gasteiger partial charge on any atom is 0.228 e. The summed E-state index contributed by atoms with van der Waals surface area (Å²) in [4.78, 5) is 24.3. The molecule has 1 aromatic heterocycles. The molecule has 0 bridgehead atoms. The fourth-order valence-corrected chi connectivity index (χ4v) is 3.12. The van der Waals surface area contributed by atoms with E-state index in [1.807, 2.05) is 31.2 Å². The third-order valence-electron chi connectivity index (χ3n) is 4.08. The highest BCUT2D eigenvalue weighted by Gasteiger charge is 2.45. The van der Waals surface area contributed by atoms with Crippen LogP contribution in [0.15, 0.2) is 47.1 Å². The van der Waals surface area contributed by atoms with Crippen LogP contribution in [0.4, 0.5) is 0 Å². The minimum atomic E-state index is -0.462. The first kappa shape index (κ1) is 10.5. The second kappa shape index (κ2) is 3.12. The van der Waals surface area contributed by atoms with Crippen molar-refractivity contribution >= 4 is 11.6 Å². The number of allylic oxidation sites excluding steroid dienone is 2. The first-order chi connectivity index (χ1) is 9.13. The van der Waals surface area contributed by atoms with Crippen LogP contribution in [-0.2, 0) is 5.41 Å². The van der Waals surface area contributed by atoms with Gasteiger partial charge in [-0.25, -0.2) is 0 Å². The lowest BCUT2D eigenvalue weighted by atomic mass is 9.66. The van der Waals surface area contributed by atoms with Gasteiger partial charge in [-0.05, 0) is 18.6 Å². The Labute approximate surface area is 109 Å². The molecule has 0 amide bonds. The molecule has 1 aromatic carbocycles. The van der Waals surface area contributed by atoms with E-state index in [1.165, 1.54) is 6.26 Å². The molecule has 0 saturated carbocycles. The molecular formula is C16H10O3. The average Bonchev–Trinajstić information content (AvgIpc) is 2.88. The van der Waals surface area contributed by atoms with E-state index in [0.717, 1.165) is 5.56 Å². The van der Waals surface area contributed by atoms with Gasteiger partial charge in [0.1, 0.15) is 6.26 Å².